The Hall–Kier alpha value is -0.390. The van der Waals surface area contributed by atoms with E-state index in [1.807, 2.05) is 6.07 Å². The van der Waals surface area contributed by atoms with Crippen LogP contribution in [0.4, 0.5) is 0 Å². The first-order valence-corrected chi connectivity index (χ1v) is 8.42. The number of aliphatic hydroxyl groups is 1. The minimum atomic E-state index is -0.469. The molecule has 1 aromatic rings. The molecule has 0 aliphatic heterocycles. The van der Waals surface area contributed by atoms with Gasteiger partial charge in [0.2, 0.25) is 0 Å². The molecule has 0 radical (unpaired) electrons. The van der Waals surface area contributed by atoms with Crippen LogP contribution in [0.25, 0.3) is 0 Å². The molecule has 1 fully saturated rings. The molecule has 2 N–H and O–H groups in total. The zero-order valence-electron chi connectivity index (χ0n) is 11.5. The Labute approximate surface area is 136 Å². The monoisotopic (exact) mass is 403 g/mol. The van der Waals surface area contributed by atoms with Gasteiger partial charge in [-0.1, -0.05) is 51.6 Å². The van der Waals surface area contributed by atoms with Gasteiger partial charge in [0.15, 0.2) is 0 Å². The molecule has 1 aliphatic rings. The number of halogens is 2. The molecule has 2 rings (SSSR count). The Morgan fingerprint density at radius 1 is 1.40 bits per heavy atom. The third-order valence-electron chi connectivity index (χ3n) is 3.90. The van der Waals surface area contributed by atoms with Crippen molar-refractivity contribution in [3.63, 3.8) is 0 Å². The summed E-state index contributed by atoms with van der Waals surface area (Å²) in [5.74, 6) is 0.403. The van der Waals surface area contributed by atoms with Gasteiger partial charge in [0.05, 0.1) is 12.1 Å². The molecule has 1 amide bonds. The van der Waals surface area contributed by atoms with E-state index in [9.17, 15) is 9.90 Å². The van der Waals surface area contributed by atoms with Gasteiger partial charge in [-0.2, -0.15) is 0 Å². The van der Waals surface area contributed by atoms with Gasteiger partial charge in [0.1, 0.15) is 0 Å². The lowest BCUT2D eigenvalue weighted by Crippen LogP contribution is -2.53. The Balaban J connectivity index is 2.16. The molecule has 0 heterocycles. The van der Waals surface area contributed by atoms with E-state index in [4.69, 9.17) is 0 Å². The number of carbonyl (C=O) groups excluding carboxylic acids is 1. The molecule has 1 aliphatic carbocycles. The predicted octanol–water partition coefficient (Wildman–Crippen LogP) is 3.88. The molecule has 2 unspecified atom stereocenters. The molecule has 20 heavy (non-hydrogen) atoms. The van der Waals surface area contributed by atoms with Gasteiger partial charge in [-0.15, -0.1) is 0 Å². The van der Waals surface area contributed by atoms with Crippen molar-refractivity contribution < 1.29 is 9.90 Å². The predicted molar refractivity (Wildman–Crippen MR) is 86.8 cm³/mol. The van der Waals surface area contributed by atoms with Gasteiger partial charge in [-0.05, 0) is 37.0 Å². The maximum atomic E-state index is 12.4. The maximum Gasteiger partial charge on any atom is 0.251 e. The molecule has 1 aromatic carbocycles. The Kier molecular flexibility index (Phi) is 5.26. The summed E-state index contributed by atoms with van der Waals surface area (Å²) >= 11 is 6.77. The molecule has 0 bridgehead atoms. The second-order valence-electron chi connectivity index (χ2n) is 5.75. The largest absolute Gasteiger partial charge is 0.394 e. The first kappa shape index (κ1) is 16.0. The lowest BCUT2D eigenvalue weighted by Gasteiger charge is -2.39. The zero-order valence-corrected chi connectivity index (χ0v) is 14.6. The topological polar surface area (TPSA) is 49.3 Å². The average Bonchev–Trinajstić information content (AvgIpc) is 2.37. The van der Waals surface area contributed by atoms with Crippen molar-refractivity contribution in [2.45, 2.75) is 38.1 Å². The van der Waals surface area contributed by atoms with Crippen LogP contribution in [0, 0.1) is 5.92 Å². The molecule has 3 nitrogen and oxygen atoms in total. The maximum absolute atomic E-state index is 12.4. The lowest BCUT2D eigenvalue weighted by atomic mass is 9.76. The molecule has 1 saturated carbocycles. The summed E-state index contributed by atoms with van der Waals surface area (Å²) in [4.78, 5) is 12.4. The van der Waals surface area contributed by atoms with Crippen molar-refractivity contribution >= 4 is 37.8 Å². The fraction of sp³-hybridized carbons (Fsp3) is 0.533. The molecule has 0 saturated heterocycles. The molecule has 2 atom stereocenters. The summed E-state index contributed by atoms with van der Waals surface area (Å²) in [6, 6.07) is 5.47. The van der Waals surface area contributed by atoms with Crippen LogP contribution in [0.15, 0.2) is 27.1 Å². The zero-order chi connectivity index (χ0) is 14.8. The highest BCUT2D eigenvalue weighted by Gasteiger charge is 2.35. The lowest BCUT2D eigenvalue weighted by molar-refractivity contribution is 0.0697. The highest BCUT2D eigenvalue weighted by molar-refractivity contribution is 9.11. The number of aliphatic hydroxyl groups excluding tert-OH is 1. The van der Waals surface area contributed by atoms with Gasteiger partial charge in [-0.25, -0.2) is 0 Å². The number of rotatable bonds is 3. The van der Waals surface area contributed by atoms with E-state index in [1.54, 1.807) is 12.1 Å². The third-order valence-corrected chi connectivity index (χ3v) is 4.81. The van der Waals surface area contributed by atoms with E-state index in [0.717, 1.165) is 28.2 Å². The second-order valence-corrected chi connectivity index (χ2v) is 7.58. The Bertz CT molecular complexity index is 486. The van der Waals surface area contributed by atoms with Crippen LogP contribution in [0.5, 0.6) is 0 Å². The van der Waals surface area contributed by atoms with Crippen LogP contribution >= 0.6 is 31.9 Å². The van der Waals surface area contributed by atoms with E-state index >= 15 is 0 Å². The van der Waals surface area contributed by atoms with Crippen molar-refractivity contribution in [2.75, 3.05) is 6.61 Å². The van der Waals surface area contributed by atoms with Crippen LogP contribution < -0.4 is 5.32 Å². The summed E-state index contributed by atoms with van der Waals surface area (Å²) in [6.07, 6.45) is 3.89. The van der Waals surface area contributed by atoms with Crippen molar-refractivity contribution in [1.82, 2.24) is 5.32 Å². The van der Waals surface area contributed by atoms with E-state index in [-0.39, 0.29) is 12.5 Å². The van der Waals surface area contributed by atoms with Gasteiger partial charge >= 0.3 is 0 Å². The van der Waals surface area contributed by atoms with Crippen LogP contribution in [0.2, 0.25) is 0 Å². The third kappa shape index (κ3) is 3.83. The Morgan fingerprint density at radius 3 is 2.60 bits per heavy atom. The number of hydrogen-bond acceptors (Lipinski definition) is 2. The van der Waals surface area contributed by atoms with Gasteiger partial charge in [0.25, 0.3) is 5.91 Å². The fourth-order valence-corrected chi connectivity index (χ4v) is 4.25. The van der Waals surface area contributed by atoms with E-state index < -0.39 is 5.54 Å². The summed E-state index contributed by atoms with van der Waals surface area (Å²) < 4.78 is 1.71. The molecule has 5 heteroatoms. The second kappa shape index (κ2) is 6.58. The molecule has 0 spiro atoms. The van der Waals surface area contributed by atoms with Crippen LogP contribution in [-0.4, -0.2) is 23.2 Å². The van der Waals surface area contributed by atoms with Crippen molar-refractivity contribution in [1.29, 1.82) is 0 Å². The molecular weight excluding hydrogens is 386 g/mol. The van der Waals surface area contributed by atoms with E-state index in [2.05, 4.69) is 44.1 Å². The quantitative estimate of drug-likeness (QED) is 0.802. The van der Waals surface area contributed by atoms with Crippen molar-refractivity contribution in [3.8, 4) is 0 Å². The highest BCUT2D eigenvalue weighted by Crippen LogP contribution is 2.32. The normalized spacial score (nSPS) is 26.3. The van der Waals surface area contributed by atoms with Gasteiger partial charge in [0, 0.05) is 14.5 Å². The van der Waals surface area contributed by atoms with E-state index in [1.165, 1.54) is 6.42 Å². The highest BCUT2D eigenvalue weighted by atomic mass is 79.9. The minimum absolute atomic E-state index is 0.00173. The average molecular weight is 405 g/mol. The summed E-state index contributed by atoms with van der Waals surface area (Å²) in [5.41, 5.74) is 0.126. The fourth-order valence-electron chi connectivity index (χ4n) is 2.95. The van der Waals surface area contributed by atoms with E-state index in [0.29, 0.717) is 11.5 Å². The SMILES string of the molecule is CC1CCCC(CO)(NC(=O)c2cc(Br)cc(Br)c2)C1. The number of carbonyl (C=O) groups is 1. The van der Waals surface area contributed by atoms with Crippen LogP contribution in [-0.2, 0) is 0 Å². The van der Waals surface area contributed by atoms with Gasteiger partial charge < -0.3 is 10.4 Å². The summed E-state index contributed by atoms with van der Waals surface area (Å²) in [5, 5.41) is 12.8. The van der Waals surface area contributed by atoms with Crippen molar-refractivity contribution in [3.05, 3.63) is 32.7 Å². The minimum Gasteiger partial charge on any atom is -0.394 e. The van der Waals surface area contributed by atoms with Crippen molar-refractivity contribution in [2.24, 2.45) is 5.92 Å². The summed E-state index contributed by atoms with van der Waals surface area (Å²) in [6.45, 7) is 2.17. The number of hydrogen-bond donors (Lipinski definition) is 2. The number of benzene rings is 1. The first-order chi connectivity index (χ1) is 9.44. The standard InChI is InChI=1S/C15H19Br2NO2/c1-10-3-2-4-15(8-10,9-19)18-14(20)11-5-12(16)7-13(17)6-11/h5-7,10,19H,2-4,8-9H2,1H3,(H,18,20). The number of nitrogens with one attached hydrogen (secondary N) is 1. The van der Waals surface area contributed by atoms with Crippen LogP contribution in [0.3, 0.4) is 0 Å². The van der Waals surface area contributed by atoms with Crippen LogP contribution in [0.1, 0.15) is 43.0 Å². The first-order valence-electron chi connectivity index (χ1n) is 6.83. The molecule has 0 aromatic heterocycles. The number of amides is 1. The van der Waals surface area contributed by atoms with Gasteiger partial charge in [-0.3, -0.25) is 4.79 Å². The summed E-state index contributed by atoms with van der Waals surface area (Å²) in [7, 11) is 0. The smallest absolute Gasteiger partial charge is 0.251 e. The molecule has 110 valence electrons. The molecular formula is C15H19Br2NO2. The Morgan fingerprint density at radius 2 is 2.05 bits per heavy atom.